The Kier molecular flexibility index (Phi) is 7.69. The van der Waals surface area contributed by atoms with Gasteiger partial charge in [-0.2, -0.15) is 0 Å². The molecule has 4 rings (SSSR count). The summed E-state index contributed by atoms with van der Waals surface area (Å²) in [5.74, 6) is -1.58. The highest BCUT2D eigenvalue weighted by atomic mass is 32.1. The fourth-order valence-corrected chi connectivity index (χ4v) is 5.28. The molecule has 190 valence electrons. The van der Waals surface area contributed by atoms with E-state index in [0.717, 1.165) is 22.5 Å². The zero-order valence-electron chi connectivity index (χ0n) is 21.4. The van der Waals surface area contributed by atoms with Gasteiger partial charge in [0.2, 0.25) is 0 Å². The van der Waals surface area contributed by atoms with Crippen LogP contribution in [0.5, 0.6) is 0 Å². The molecule has 0 unspecified atom stereocenters. The van der Waals surface area contributed by atoms with Crippen LogP contribution in [0.25, 0.3) is 22.2 Å². The maximum Gasteiger partial charge on any atom is 0.348 e. The van der Waals surface area contributed by atoms with E-state index in [1.165, 1.54) is 0 Å². The maximum absolute atomic E-state index is 13.8. The number of anilines is 1. The van der Waals surface area contributed by atoms with Gasteiger partial charge in [0.05, 0.1) is 35.6 Å². The minimum atomic E-state index is -0.612. The number of thiophene rings is 1. The van der Waals surface area contributed by atoms with E-state index in [2.05, 4.69) is 5.32 Å². The van der Waals surface area contributed by atoms with Crippen molar-refractivity contribution in [3.05, 3.63) is 81.2 Å². The van der Waals surface area contributed by atoms with E-state index in [0.29, 0.717) is 33.3 Å². The minimum Gasteiger partial charge on any atom is -0.462 e. The highest BCUT2D eigenvalue weighted by Crippen LogP contribution is 2.36. The van der Waals surface area contributed by atoms with Gasteiger partial charge in [-0.15, -0.1) is 11.3 Å². The van der Waals surface area contributed by atoms with E-state index in [1.54, 1.807) is 20.8 Å². The number of pyridine rings is 1. The lowest BCUT2D eigenvalue weighted by Crippen LogP contribution is -2.17. The number of nitrogens with zero attached hydrogens (tertiary/aromatic N) is 1. The van der Waals surface area contributed by atoms with Crippen LogP contribution in [0.15, 0.2) is 48.5 Å². The topological polar surface area (TPSA) is 94.6 Å². The first-order valence-electron chi connectivity index (χ1n) is 12.0. The molecule has 0 fully saturated rings. The zero-order chi connectivity index (χ0) is 26.7. The molecule has 0 spiro atoms. The zero-order valence-corrected chi connectivity index (χ0v) is 22.2. The third kappa shape index (κ3) is 5.11. The number of benzene rings is 2. The second kappa shape index (κ2) is 10.9. The number of carbonyl (C=O) groups is 3. The molecular weight excluding hydrogens is 488 g/mol. The summed E-state index contributed by atoms with van der Waals surface area (Å²) in [6.07, 6.45) is 0. The van der Waals surface area contributed by atoms with Gasteiger partial charge in [0.15, 0.2) is 0 Å². The summed E-state index contributed by atoms with van der Waals surface area (Å²) in [4.78, 5) is 44.3. The number of hydrogen-bond donors (Lipinski definition) is 1. The van der Waals surface area contributed by atoms with Crippen LogP contribution >= 0.6 is 11.3 Å². The van der Waals surface area contributed by atoms with Crippen molar-refractivity contribution in [2.75, 3.05) is 18.5 Å². The average molecular weight is 517 g/mol. The van der Waals surface area contributed by atoms with E-state index in [4.69, 9.17) is 14.5 Å². The number of nitrogens with one attached hydrogen (secondary N) is 1. The quantitative estimate of drug-likeness (QED) is 0.282. The number of aromatic nitrogens is 1. The van der Waals surface area contributed by atoms with Crippen molar-refractivity contribution in [3.8, 4) is 11.3 Å². The first kappa shape index (κ1) is 26.0. The molecule has 2 aromatic carbocycles. The molecular formula is C29H28N2O5S. The van der Waals surface area contributed by atoms with Gasteiger partial charge < -0.3 is 14.8 Å². The van der Waals surface area contributed by atoms with Crippen LogP contribution in [0.3, 0.4) is 0 Å². The van der Waals surface area contributed by atoms with Gasteiger partial charge in [0, 0.05) is 10.9 Å². The van der Waals surface area contributed by atoms with Crippen LogP contribution in [-0.2, 0) is 9.47 Å². The van der Waals surface area contributed by atoms with Crippen LogP contribution in [-0.4, -0.2) is 36.0 Å². The fraction of sp³-hybridized carbons (Fsp3) is 0.241. The predicted octanol–water partition coefficient (Wildman–Crippen LogP) is 6.49. The molecule has 37 heavy (non-hydrogen) atoms. The van der Waals surface area contributed by atoms with Gasteiger partial charge in [-0.05, 0) is 51.8 Å². The summed E-state index contributed by atoms with van der Waals surface area (Å²) >= 11 is 1.00. The minimum absolute atomic E-state index is 0.151. The summed E-state index contributed by atoms with van der Waals surface area (Å²) in [5, 5.41) is 3.81. The second-order valence-corrected chi connectivity index (χ2v) is 9.52. The number of rotatable bonds is 7. The Morgan fingerprint density at radius 1 is 0.838 bits per heavy atom. The Hall–Kier alpha value is -4.04. The van der Waals surface area contributed by atoms with E-state index in [-0.39, 0.29) is 28.7 Å². The van der Waals surface area contributed by atoms with Gasteiger partial charge in [0.1, 0.15) is 9.88 Å². The molecule has 8 heteroatoms. The Bertz CT molecular complexity index is 1510. The van der Waals surface area contributed by atoms with Crippen molar-refractivity contribution in [2.45, 2.75) is 34.6 Å². The Labute approximate surface area is 219 Å². The second-order valence-electron chi connectivity index (χ2n) is 8.50. The van der Waals surface area contributed by atoms with E-state index in [1.807, 2.05) is 62.4 Å². The fourth-order valence-electron chi connectivity index (χ4n) is 4.20. The monoisotopic (exact) mass is 516 g/mol. The Morgan fingerprint density at radius 2 is 1.49 bits per heavy atom. The number of fused-ring (bicyclic) bond motifs is 1. The van der Waals surface area contributed by atoms with Crippen molar-refractivity contribution in [2.24, 2.45) is 0 Å². The highest BCUT2D eigenvalue weighted by Gasteiger charge is 2.28. The lowest BCUT2D eigenvalue weighted by Gasteiger charge is -2.15. The molecule has 2 heterocycles. The molecule has 4 aromatic rings. The lowest BCUT2D eigenvalue weighted by molar-refractivity contribution is 0.0527. The first-order valence-corrected chi connectivity index (χ1v) is 12.8. The van der Waals surface area contributed by atoms with Gasteiger partial charge in [-0.25, -0.2) is 14.6 Å². The van der Waals surface area contributed by atoms with Crippen LogP contribution in [0.1, 0.15) is 60.9 Å². The van der Waals surface area contributed by atoms with E-state index in [9.17, 15) is 14.4 Å². The van der Waals surface area contributed by atoms with Gasteiger partial charge in [0.25, 0.3) is 5.91 Å². The van der Waals surface area contributed by atoms with Crippen molar-refractivity contribution in [1.82, 2.24) is 4.98 Å². The van der Waals surface area contributed by atoms with Crippen LogP contribution in [0, 0.1) is 20.8 Å². The Morgan fingerprint density at radius 3 is 2.16 bits per heavy atom. The molecule has 2 aromatic heterocycles. The maximum atomic E-state index is 13.8. The Balaban J connectivity index is 1.85. The standard InChI is InChI=1S/C29H28N2O5S/c1-6-35-28(33)23-18(5)25(29(34)36-7-2)37-27(23)31-26(32)22-17(4)24(19-14-12-16(3)13-15-19)30-21-11-9-8-10-20(21)22/h8-15H,6-7H2,1-5H3,(H,31,32). The molecule has 0 aliphatic heterocycles. The first-order chi connectivity index (χ1) is 17.8. The highest BCUT2D eigenvalue weighted by molar-refractivity contribution is 7.18. The number of esters is 2. The molecule has 0 radical (unpaired) electrons. The normalized spacial score (nSPS) is 10.8. The summed E-state index contributed by atoms with van der Waals surface area (Å²) in [6, 6.07) is 15.4. The van der Waals surface area contributed by atoms with Crippen LogP contribution in [0.4, 0.5) is 5.00 Å². The molecule has 0 aliphatic rings. The number of amides is 1. The molecule has 7 nitrogen and oxygen atoms in total. The number of hydrogen-bond acceptors (Lipinski definition) is 7. The lowest BCUT2D eigenvalue weighted by atomic mass is 9.96. The van der Waals surface area contributed by atoms with Gasteiger partial charge in [-0.1, -0.05) is 48.0 Å². The van der Waals surface area contributed by atoms with Gasteiger partial charge in [-0.3, -0.25) is 4.79 Å². The number of aryl methyl sites for hydroxylation is 1. The third-order valence-electron chi connectivity index (χ3n) is 6.00. The van der Waals surface area contributed by atoms with Crippen molar-refractivity contribution >= 4 is 45.1 Å². The summed E-state index contributed by atoms with van der Waals surface area (Å²) in [5.41, 5.74) is 5.10. The predicted molar refractivity (Wildman–Crippen MR) is 146 cm³/mol. The summed E-state index contributed by atoms with van der Waals surface area (Å²) < 4.78 is 10.4. The number of para-hydroxylation sites is 1. The van der Waals surface area contributed by atoms with Crippen LogP contribution < -0.4 is 5.32 Å². The molecule has 1 N–H and O–H groups in total. The molecule has 0 saturated heterocycles. The molecule has 0 atom stereocenters. The molecule has 1 amide bonds. The molecule has 0 saturated carbocycles. The van der Waals surface area contributed by atoms with Gasteiger partial charge >= 0.3 is 11.9 Å². The smallest absolute Gasteiger partial charge is 0.348 e. The molecule has 0 aliphatic carbocycles. The molecule has 0 bridgehead atoms. The average Bonchev–Trinajstić information content (AvgIpc) is 3.20. The van der Waals surface area contributed by atoms with Crippen molar-refractivity contribution in [3.63, 3.8) is 0 Å². The van der Waals surface area contributed by atoms with E-state index >= 15 is 0 Å². The largest absolute Gasteiger partial charge is 0.462 e. The van der Waals surface area contributed by atoms with Crippen LogP contribution in [0.2, 0.25) is 0 Å². The van der Waals surface area contributed by atoms with Crippen molar-refractivity contribution in [1.29, 1.82) is 0 Å². The third-order valence-corrected chi connectivity index (χ3v) is 7.19. The van der Waals surface area contributed by atoms with E-state index < -0.39 is 17.8 Å². The number of carbonyl (C=O) groups excluding carboxylic acids is 3. The van der Waals surface area contributed by atoms with Crippen molar-refractivity contribution < 1.29 is 23.9 Å². The SMILES string of the molecule is CCOC(=O)c1sc(NC(=O)c2c(C)c(-c3ccc(C)cc3)nc3ccccc23)c(C(=O)OCC)c1C. The summed E-state index contributed by atoms with van der Waals surface area (Å²) in [7, 11) is 0. The number of ether oxygens (including phenoxy) is 2. The summed E-state index contributed by atoms with van der Waals surface area (Å²) in [6.45, 7) is 9.27.